The Hall–Kier alpha value is -1.23. The molecule has 0 radical (unpaired) electrons. The van der Waals surface area contributed by atoms with Gasteiger partial charge in [-0.15, -0.1) is 0 Å². The third-order valence-electron chi connectivity index (χ3n) is 3.38. The summed E-state index contributed by atoms with van der Waals surface area (Å²) in [5.74, 6) is -0.934. The van der Waals surface area contributed by atoms with Crippen molar-refractivity contribution in [3.05, 3.63) is 27.0 Å². The number of hydrogen-bond donors (Lipinski definition) is 8. The summed E-state index contributed by atoms with van der Waals surface area (Å²) in [6.45, 7) is -1.11. The van der Waals surface area contributed by atoms with E-state index in [0.29, 0.717) is 10.8 Å². The predicted molar refractivity (Wildman–Crippen MR) is 88.7 cm³/mol. The van der Waals surface area contributed by atoms with Crippen molar-refractivity contribution in [3.8, 4) is 5.75 Å². The molecule has 30 heavy (non-hydrogen) atoms. The summed E-state index contributed by atoms with van der Waals surface area (Å²) in [5, 5.41) is 29.3. The topological polar surface area (TPSA) is 285 Å². The molecule has 8 N–H and O–H groups in total. The Labute approximate surface area is 164 Å². The average Bonchev–Trinajstić information content (AvgIpc) is 2.81. The number of ether oxygens (including phenoxy) is 1. The molecule has 0 aromatic carbocycles. The second-order valence-electron chi connectivity index (χ2n) is 5.61. The highest BCUT2D eigenvalue weighted by atomic mass is 31.3. The molecule has 0 aliphatic carbocycles. The van der Waals surface area contributed by atoms with Crippen LogP contribution in [0.2, 0.25) is 0 Å². The number of aromatic amines is 1. The summed E-state index contributed by atoms with van der Waals surface area (Å²) in [6.07, 6.45) is -6.52. The molecule has 172 valence electrons. The second-order valence-corrected chi connectivity index (χ2v) is 10.0. The number of nitrogens with zero attached hydrogens (tertiary/aromatic N) is 1. The highest BCUT2D eigenvalue weighted by Gasteiger charge is 2.46. The van der Waals surface area contributed by atoms with Crippen molar-refractivity contribution in [2.24, 2.45) is 0 Å². The number of aliphatic hydroxyl groups excluding tert-OH is 2. The van der Waals surface area contributed by atoms with Gasteiger partial charge in [-0.1, -0.05) is 0 Å². The van der Waals surface area contributed by atoms with E-state index in [1.54, 1.807) is 4.98 Å². The number of phosphoric ester groups is 1. The molecule has 1 aromatic heterocycles. The van der Waals surface area contributed by atoms with E-state index in [4.69, 9.17) is 19.4 Å². The van der Waals surface area contributed by atoms with Gasteiger partial charge in [-0.25, -0.2) is 18.5 Å². The molecule has 1 fully saturated rings. The minimum atomic E-state index is -5.76. The summed E-state index contributed by atoms with van der Waals surface area (Å²) in [4.78, 5) is 59.9. The number of phosphoric acid groups is 3. The molecule has 6 atom stereocenters. The minimum Gasteiger partial charge on any atom is -0.502 e. The van der Waals surface area contributed by atoms with Crippen molar-refractivity contribution >= 4 is 23.5 Å². The van der Waals surface area contributed by atoms with Crippen molar-refractivity contribution < 1.29 is 66.5 Å². The van der Waals surface area contributed by atoms with Gasteiger partial charge in [0.25, 0.3) is 5.56 Å². The maximum atomic E-state index is 11.8. The van der Waals surface area contributed by atoms with Gasteiger partial charge in [-0.3, -0.25) is 18.9 Å². The fourth-order valence-corrected chi connectivity index (χ4v) is 5.26. The van der Waals surface area contributed by atoms with Gasteiger partial charge in [-0.2, -0.15) is 8.62 Å². The summed E-state index contributed by atoms with van der Waals surface area (Å²) < 4.78 is 50.3. The first kappa shape index (κ1) is 25.0. The number of hydrogen-bond acceptors (Lipinski definition) is 12. The van der Waals surface area contributed by atoms with Crippen LogP contribution in [0.25, 0.3) is 0 Å². The Morgan fingerprint density at radius 2 is 1.63 bits per heavy atom. The van der Waals surface area contributed by atoms with E-state index in [0.717, 1.165) is 0 Å². The van der Waals surface area contributed by atoms with Gasteiger partial charge in [-0.05, 0) is 0 Å². The van der Waals surface area contributed by atoms with Gasteiger partial charge in [0.15, 0.2) is 12.0 Å². The quantitative estimate of drug-likeness (QED) is 0.167. The van der Waals surface area contributed by atoms with Gasteiger partial charge < -0.3 is 39.6 Å². The smallest absolute Gasteiger partial charge is 0.490 e. The van der Waals surface area contributed by atoms with Crippen molar-refractivity contribution in [2.75, 3.05) is 6.61 Å². The third-order valence-corrected chi connectivity index (χ3v) is 7.18. The lowest BCUT2D eigenvalue weighted by Crippen LogP contribution is -2.37. The van der Waals surface area contributed by atoms with Crippen LogP contribution >= 0.6 is 23.5 Å². The van der Waals surface area contributed by atoms with Crippen LogP contribution in [0.4, 0.5) is 0 Å². The summed E-state index contributed by atoms with van der Waals surface area (Å²) in [5.41, 5.74) is -2.30. The van der Waals surface area contributed by atoms with E-state index in [-0.39, 0.29) is 0 Å². The SMILES string of the molecule is O=c1[nH]c(=O)n([C@@H]2O[C@H](COP(=O)(O)OP(=O)(O)OP(=O)(O)O)[C@H](O)[C@@H]2O)cc1O. The Balaban J connectivity index is 2.09. The number of H-pyrrole nitrogens is 1. The van der Waals surface area contributed by atoms with Crippen LogP contribution in [0, 0.1) is 0 Å². The predicted octanol–water partition coefficient (Wildman–Crippen LogP) is -2.80. The largest absolute Gasteiger partial charge is 0.502 e. The number of aromatic hydroxyl groups is 1. The number of nitrogens with one attached hydrogen (secondary N) is 1. The Bertz CT molecular complexity index is 1040. The first-order valence-electron chi connectivity index (χ1n) is 7.36. The van der Waals surface area contributed by atoms with Crippen LogP contribution in [-0.4, -0.2) is 69.4 Å². The Kier molecular flexibility index (Phi) is 7.28. The number of aromatic nitrogens is 2. The Morgan fingerprint density at radius 3 is 2.20 bits per heavy atom. The van der Waals surface area contributed by atoms with Gasteiger partial charge in [0, 0.05) is 0 Å². The van der Waals surface area contributed by atoms with Crippen molar-refractivity contribution in [3.63, 3.8) is 0 Å². The van der Waals surface area contributed by atoms with Gasteiger partial charge >= 0.3 is 29.2 Å². The lowest BCUT2D eigenvalue weighted by Gasteiger charge is -2.19. The van der Waals surface area contributed by atoms with Crippen LogP contribution < -0.4 is 11.2 Å². The molecule has 18 nitrogen and oxygen atoms in total. The molecule has 0 amide bonds. The molecule has 2 rings (SSSR count). The maximum Gasteiger partial charge on any atom is 0.490 e. The highest BCUT2D eigenvalue weighted by Crippen LogP contribution is 2.66. The molecule has 2 unspecified atom stereocenters. The first-order valence-corrected chi connectivity index (χ1v) is 11.9. The standard InChI is InChI=1S/C9H15N2O16P3/c12-3-1-11(9(16)10-7(3)15)8-6(14)5(13)4(25-8)2-24-29(20,21)27-30(22,23)26-28(17,18)19/h1,4-6,8,12-14H,2H2,(H,20,21)(H,22,23)(H,10,15,16)(H2,17,18,19)/t4-,5+,6+,8-/m1/s1. The van der Waals surface area contributed by atoms with Crippen molar-refractivity contribution in [2.45, 2.75) is 24.5 Å². The first-order chi connectivity index (χ1) is 13.5. The van der Waals surface area contributed by atoms with Crippen LogP contribution in [0.1, 0.15) is 6.23 Å². The molecule has 0 bridgehead atoms. The van der Waals surface area contributed by atoms with Crippen LogP contribution in [-0.2, 0) is 31.6 Å². The maximum absolute atomic E-state index is 11.8. The fourth-order valence-electron chi connectivity index (χ4n) is 2.23. The molecule has 2 heterocycles. The summed E-state index contributed by atoms with van der Waals surface area (Å²) >= 11 is 0. The molecule has 1 aliphatic rings. The number of aliphatic hydroxyl groups is 2. The van der Waals surface area contributed by atoms with Crippen LogP contribution in [0.3, 0.4) is 0 Å². The molecule has 1 aromatic rings. The Morgan fingerprint density at radius 1 is 1.03 bits per heavy atom. The van der Waals surface area contributed by atoms with E-state index >= 15 is 0 Å². The van der Waals surface area contributed by atoms with E-state index in [1.807, 2.05) is 0 Å². The van der Waals surface area contributed by atoms with Crippen LogP contribution in [0.15, 0.2) is 15.8 Å². The lowest BCUT2D eigenvalue weighted by atomic mass is 10.1. The lowest BCUT2D eigenvalue weighted by molar-refractivity contribution is -0.0544. The summed E-state index contributed by atoms with van der Waals surface area (Å²) in [6, 6.07) is 0. The highest BCUT2D eigenvalue weighted by molar-refractivity contribution is 7.66. The van der Waals surface area contributed by atoms with Gasteiger partial charge in [0.1, 0.15) is 18.3 Å². The molecular formula is C9H15N2O16P3. The molecule has 0 spiro atoms. The van der Waals surface area contributed by atoms with Gasteiger partial charge in [0.2, 0.25) is 0 Å². The molecular weight excluding hydrogens is 485 g/mol. The molecule has 0 saturated carbocycles. The average molecular weight is 500 g/mol. The monoisotopic (exact) mass is 500 g/mol. The van der Waals surface area contributed by atoms with Crippen LogP contribution in [0.5, 0.6) is 5.75 Å². The van der Waals surface area contributed by atoms with Gasteiger partial charge in [0.05, 0.1) is 12.8 Å². The number of rotatable bonds is 8. The van der Waals surface area contributed by atoms with Crippen molar-refractivity contribution in [1.82, 2.24) is 9.55 Å². The fraction of sp³-hybridized carbons (Fsp3) is 0.556. The molecule has 21 heteroatoms. The normalized spacial score (nSPS) is 28.7. The zero-order chi connectivity index (χ0) is 23.1. The second kappa shape index (κ2) is 8.72. The summed E-state index contributed by atoms with van der Waals surface area (Å²) in [7, 11) is -16.9. The molecule has 1 aliphatic heterocycles. The van der Waals surface area contributed by atoms with E-state index in [2.05, 4.69) is 13.1 Å². The minimum absolute atomic E-state index is 0.495. The molecule has 1 saturated heterocycles. The van der Waals surface area contributed by atoms with Crippen molar-refractivity contribution in [1.29, 1.82) is 0 Å². The zero-order valence-corrected chi connectivity index (χ0v) is 16.9. The van der Waals surface area contributed by atoms with E-state index < -0.39 is 71.6 Å². The zero-order valence-electron chi connectivity index (χ0n) is 14.2. The van der Waals surface area contributed by atoms with E-state index in [9.17, 15) is 43.5 Å². The van der Waals surface area contributed by atoms with E-state index in [1.165, 1.54) is 0 Å². The third kappa shape index (κ3) is 6.38.